The summed E-state index contributed by atoms with van der Waals surface area (Å²) < 4.78 is 37.3. The summed E-state index contributed by atoms with van der Waals surface area (Å²) in [4.78, 5) is 11.6. The number of carbonyl (C=O) groups is 1. The first-order valence-electron chi connectivity index (χ1n) is 6.21. The molecule has 7 heteroatoms. The highest BCUT2D eigenvalue weighted by Gasteiger charge is 2.30. The van der Waals surface area contributed by atoms with Gasteiger partial charge in [-0.3, -0.25) is 4.79 Å². The number of nitrogens with two attached hydrogens (primary N) is 1. The van der Waals surface area contributed by atoms with Crippen LogP contribution in [0.1, 0.15) is 31.2 Å². The second kappa shape index (κ2) is 7.50. The van der Waals surface area contributed by atoms with Crippen molar-refractivity contribution in [3.8, 4) is 0 Å². The summed E-state index contributed by atoms with van der Waals surface area (Å²) in [6, 6.07) is 2.84. The third kappa shape index (κ3) is 5.38. The number of amides is 1. The van der Waals surface area contributed by atoms with Crippen molar-refractivity contribution in [3.05, 3.63) is 28.8 Å². The van der Waals surface area contributed by atoms with E-state index in [-0.39, 0.29) is 23.0 Å². The number of carbonyl (C=O) groups excluding carboxylic acids is 1. The van der Waals surface area contributed by atoms with Gasteiger partial charge in [-0.2, -0.15) is 13.2 Å². The number of nitrogens with one attached hydrogen (secondary N) is 1. The van der Waals surface area contributed by atoms with Gasteiger partial charge in [-0.05, 0) is 37.6 Å². The van der Waals surface area contributed by atoms with Crippen molar-refractivity contribution in [1.29, 1.82) is 0 Å². The smallest absolute Gasteiger partial charge is 0.330 e. The molecule has 3 N–H and O–H groups in total. The van der Waals surface area contributed by atoms with Crippen LogP contribution in [0.3, 0.4) is 0 Å². The Morgan fingerprint density at radius 1 is 1.25 bits per heavy atom. The van der Waals surface area contributed by atoms with Crippen LogP contribution in [0.4, 0.5) is 18.9 Å². The number of hydrogen-bond donors (Lipinski definition) is 2. The summed E-state index contributed by atoms with van der Waals surface area (Å²) in [5.74, 6) is -0.274. The van der Waals surface area contributed by atoms with Gasteiger partial charge >= 0.3 is 6.18 Å². The summed E-state index contributed by atoms with van der Waals surface area (Å²) >= 11 is 5.73. The average molecular weight is 309 g/mol. The van der Waals surface area contributed by atoms with E-state index in [1.54, 1.807) is 0 Å². The zero-order chi connectivity index (χ0) is 15.2. The molecule has 0 saturated heterocycles. The minimum Gasteiger partial charge on any atom is -0.330 e. The van der Waals surface area contributed by atoms with Gasteiger partial charge in [-0.25, -0.2) is 0 Å². The van der Waals surface area contributed by atoms with Crippen molar-refractivity contribution < 1.29 is 18.0 Å². The van der Waals surface area contributed by atoms with Gasteiger partial charge in [0.05, 0.1) is 16.3 Å². The molecule has 0 aromatic heterocycles. The van der Waals surface area contributed by atoms with Gasteiger partial charge in [-0.15, -0.1) is 0 Å². The predicted octanol–water partition coefficient (Wildman–Crippen LogP) is 3.82. The highest BCUT2D eigenvalue weighted by Crippen LogP contribution is 2.33. The quantitative estimate of drug-likeness (QED) is 0.785. The largest absolute Gasteiger partial charge is 0.416 e. The third-order valence-electron chi connectivity index (χ3n) is 2.68. The Bertz CT molecular complexity index is 463. The molecule has 1 rings (SSSR count). The van der Waals surface area contributed by atoms with Crippen LogP contribution in [0, 0.1) is 0 Å². The molecule has 0 radical (unpaired) electrons. The van der Waals surface area contributed by atoms with Gasteiger partial charge in [0.1, 0.15) is 0 Å². The molecule has 20 heavy (non-hydrogen) atoms. The summed E-state index contributed by atoms with van der Waals surface area (Å²) in [7, 11) is 0. The fourth-order valence-corrected chi connectivity index (χ4v) is 1.84. The maximum absolute atomic E-state index is 12.4. The monoisotopic (exact) mass is 308 g/mol. The number of unbranched alkanes of at least 4 members (excludes halogenated alkanes) is 2. The molecule has 0 fully saturated rings. The molecule has 0 aliphatic heterocycles. The van der Waals surface area contributed by atoms with Crippen LogP contribution in [0.25, 0.3) is 0 Å². The number of alkyl halides is 3. The fraction of sp³-hybridized carbons (Fsp3) is 0.462. The van der Waals surface area contributed by atoms with Crippen molar-refractivity contribution >= 4 is 23.2 Å². The Balaban J connectivity index is 2.58. The van der Waals surface area contributed by atoms with Crippen LogP contribution in [-0.4, -0.2) is 12.5 Å². The zero-order valence-corrected chi connectivity index (χ0v) is 11.5. The van der Waals surface area contributed by atoms with Crippen LogP contribution < -0.4 is 11.1 Å². The SMILES string of the molecule is NCCCCCC(=O)Nc1ccc(C(F)(F)F)cc1Cl. The Morgan fingerprint density at radius 2 is 1.95 bits per heavy atom. The molecule has 0 aliphatic rings. The van der Waals surface area contributed by atoms with Gasteiger partial charge in [-0.1, -0.05) is 18.0 Å². The van der Waals surface area contributed by atoms with E-state index in [9.17, 15) is 18.0 Å². The van der Waals surface area contributed by atoms with Gasteiger partial charge in [0.25, 0.3) is 0 Å². The van der Waals surface area contributed by atoms with E-state index in [2.05, 4.69) is 5.32 Å². The van der Waals surface area contributed by atoms with Gasteiger partial charge < -0.3 is 11.1 Å². The second-order valence-electron chi connectivity index (χ2n) is 4.34. The number of rotatable bonds is 6. The first kappa shape index (κ1) is 16.8. The summed E-state index contributed by atoms with van der Waals surface area (Å²) in [6.45, 7) is 0.576. The predicted molar refractivity (Wildman–Crippen MR) is 72.6 cm³/mol. The van der Waals surface area contributed by atoms with Gasteiger partial charge in [0.2, 0.25) is 5.91 Å². The van der Waals surface area contributed by atoms with Crippen molar-refractivity contribution in [2.75, 3.05) is 11.9 Å². The Kier molecular flexibility index (Phi) is 6.29. The van der Waals surface area contributed by atoms with E-state index >= 15 is 0 Å². The third-order valence-corrected chi connectivity index (χ3v) is 2.99. The standard InChI is InChI=1S/C13H16ClF3N2O/c14-10-8-9(13(15,16)17)5-6-11(10)19-12(20)4-2-1-3-7-18/h5-6,8H,1-4,7,18H2,(H,19,20). The normalized spacial score (nSPS) is 11.4. The van der Waals surface area contributed by atoms with E-state index in [0.29, 0.717) is 13.0 Å². The highest BCUT2D eigenvalue weighted by molar-refractivity contribution is 6.33. The molecular weight excluding hydrogens is 293 g/mol. The lowest BCUT2D eigenvalue weighted by atomic mass is 10.1. The minimum atomic E-state index is -4.45. The average Bonchev–Trinajstić information content (AvgIpc) is 2.36. The van der Waals surface area contributed by atoms with Gasteiger partial charge in [0.15, 0.2) is 0 Å². The van der Waals surface area contributed by atoms with Gasteiger partial charge in [0, 0.05) is 6.42 Å². The summed E-state index contributed by atoms with van der Waals surface area (Å²) in [5, 5.41) is 2.37. The molecule has 112 valence electrons. The molecule has 0 spiro atoms. The van der Waals surface area contributed by atoms with Crippen LogP contribution in [0.15, 0.2) is 18.2 Å². The Labute approximate surface area is 120 Å². The van der Waals surface area contributed by atoms with Crippen LogP contribution in [0.5, 0.6) is 0 Å². The lowest BCUT2D eigenvalue weighted by Crippen LogP contribution is -2.12. The fourth-order valence-electron chi connectivity index (χ4n) is 1.61. The molecule has 0 aliphatic carbocycles. The number of benzene rings is 1. The van der Waals surface area contributed by atoms with Crippen molar-refractivity contribution in [2.24, 2.45) is 5.73 Å². The lowest BCUT2D eigenvalue weighted by molar-refractivity contribution is -0.137. The van der Waals surface area contributed by atoms with E-state index in [0.717, 1.165) is 31.0 Å². The van der Waals surface area contributed by atoms with Crippen molar-refractivity contribution in [2.45, 2.75) is 31.9 Å². The van der Waals surface area contributed by atoms with Crippen LogP contribution >= 0.6 is 11.6 Å². The summed E-state index contributed by atoms with van der Waals surface area (Å²) in [5.41, 5.74) is 4.67. The molecule has 0 heterocycles. The zero-order valence-electron chi connectivity index (χ0n) is 10.8. The molecular formula is C13H16ClF3N2O. The first-order valence-corrected chi connectivity index (χ1v) is 6.59. The molecule has 3 nitrogen and oxygen atoms in total. The van der Waals surface area contributed by atoms with Crippen molar-refractivity contribution in [3.63, 3.8) is 0 Å². The van der Waals surface area contributed by atoms with Crippen LogP contribution in [0.2, 0.25) is 5.02 Å². The first-order chi connectivity index (χ1) is 9.34. The number of hydrogen-bond acceptors (Lipinski definition) is 2. The van der Waals surface area contributed by atoms with E-state index in [1.807, 2.05) is 0 Å². The maximum Gasteiger partial charge on any atom is 0.416 e. The molecule has 0 saturated carbocycles. The molecule has 1 amide bonds. The maximum atomic E-state index is 12.4. The molecule has 0 atom stereocenters. The highest BCUT2D eigenvalue weighted by atomic mass is 35.5. The lowest BCUT2D eigenvalue weighted by Gasteiger charge is -2.11. The molecule has 0 bridgehead atoms. The topological polar surface area (TPSA) is 55.1 Å². The van der Waals surface area contributed by atoms with Crippen molar-refractivity contribution in [1.82, 2.24) is 0 Å². The summed E-state index contributed by atoms with van der Waals surface area (Å²) in [6.07, 6.45) is -1.80. The Morgan fingerprint density at radius 3 is 2.50 bits per heavy atom. The number of anilines is 1. The number of halogens is 4. The van der Waals surface area contributed by atoms with E-state index in [1.165, 1.54) is 0 Å². The molecule has 1 aromatic carbocycles. The minimum absolute atomic E-state index is 0.130. The Hall–Kier alpha value is -1.27. The van der Waals surface area contributed by atoms with E-state index < -0.39 is 11.7 Å². The van der Waals surface area contributed by atoms with E-state index in [4.69, 9.17) is 17.3 Å². The molecule has 0 unspecified atom stereocenters. The van der Waals surface area contributed by atoms with Crippen LogP contribution in [-0.2, 0) is 11.0 Å². The second-order valence-corrected chi connectivity index (χ2v) is 4.75. The molecule has 1 aromatic rings.